The second kappa shape index (κ2) is 8.77. The number of nitrogens with one attached hydrogen (secondary N) is 2. The van der Waals surface area contributed by atoms with E-state index < -0.39 is 11.9 Å². The third kappa shape index (κ3) is 5.52. The SMILES string of the molecule is Cc1ccc(/C(=C\N/C=N\C(=N)c2cc(C3CC3)nc(C(F)(F)F)c2)C(C)C)cn1. The molecule has 0 aromatic carbocycles. The lowest BCUT2D eigenvalue weighted by molar-refractivity contribution is -0.141. The van der Waals surface area contributed by atoms with E-state index in [2.05, 4.69) is 20.3 Å². The summed E-state index contributed by atoms with van der Waals surface area (Å²) in [5.41, 5.74) is 2.38. The maximum absolute atomic E-state index is 13.2. The third-order valence-electron chi connectivity index (χ3n) is 4.78. The van der Waals surface area contributed by atoms with Crippen molar-refractivity contribution in [3.63, 3.8) is 0 Å². The van der Waals surface area contributed by atoms with Crippen LogP contribution in [-0.4, -0.2) is 22.1 Å². The fourth-order valence-electron chi connectivity index (χ4n) is 2.95. The summed E-state index contributed by atoms with van der Waals surface area (Å²) in [5, 5.41) is 11.0. The second-order valence-corrected chi connectivity index (χ2v) is 7.65. The molecule has 5 nitrogen and oxygen atoms in total. The van der Waals surface area contributed by atoms with Gasteiger partial charge >= 0.3 is 6.18 Å². The maximum atomic E-state index is 13.2. The number of aliphatic imine (C=N–C) groups is 1. The van der Waals surface area contributed by atoms with Crippen molar-refractivity contribution in [2.45, 2.75) is 45.7 Å². The van der Waals surface area contributed by atoms with Gasteiger partial charge in [0.2, 0.25) is 0 Å². The Morgan fingerprint density at radius 3 is 2.53 bits per heavy atom. The topological polar surface area (TPSA) is 74.0 Å². The van der Waals surface area contributed by atoms with Gasteiger partial charge in [0.1, 0.15) is 5.69 Å². The highest BCUT2D eigenvalue weighted by Crippen LogP contribution is 2.40. The van der Waals surface area contributed by atoms with Crippen molar-refractivity contribution in [3.8, 4) is 0 Å². The second-order valence-electron chi connectivity index (χ2n) is 7.65. The van der Waals surface area contributed by atoms with Crippen molar-refractivity contribution in [3.05, 3.63) is 64.9 Å². The molecule has 2 heterocycles. The standard InChI is InChI=1S/C22H24F3N5/c1-13(2)18(16-5-4-14(3)28-10-16)11-27-12-29-21(26)17-8-19(15-6-7-15)30-20(9-17)22(23,24)25/h4-5,8-13,15H,6-7H2,1-3H3,(H2,26,27,29)/b18-11-. The number of rotatable bonds is 6. The van der Waals surface area contributed by atoms with Crippen LogP contribution in [-0.2, 0) is 6.18 Å². The van der Waals surface area contributed by atoms with E-state index in [0.717, 1.165) is 35.7 Å². The van der Waals surface area contributed by atoms with Gasteiger partial charge in [-0.15, -0.1) is 0 Å². The van der Waals surface area contributed by atoms with Crippen LogP contribution in [0.15, 0.2) is 41.7 Å². The van der Waals surface area contributed by atoms with E-state index in [1.54, 1.807) is 12.4 Å². The van der Waals surface area contributed by atoms with Crippen molar-refractivity contribution in [2.24, 2.45) is 10.9 Å². The zero-order valence-electron chi connectivity index (χ0n) is 17.1. The van der Waals surface area contributed by atoms with Crippen LogP contribution in [0.1, 0.15) is 60.8 Å². The molecular formula is C22H24F3N5. The summed E-state index contributed by atoms with van der Waals surface area (Å²) in [6.45, 7) is 6.00. The molecule has 30 heavy (non-hydrogen) atoms. The number of aromatic nitrogens is 2. The summed E-state index contributed by atoms with van der Waals surface area (Å²) in [5.74, 6) is -0.0000877. The van der Waals surface area contributed by atoms with E-state index in [1.165, 1.54) is 12.4 Å². The Morgan fingerprint density at radius 2 is 1.97 bits per heavy atom. The highest BCUT2D eigenvalue weighted by atomic mass is 19.4. The first-order valence-corrected chi connectivity index (χ1v) is 9.75. The fraction of sp³-hybridized carbons (Fsp3) is 0.364. The molecular weight excluding hydrogens is 391 g/mol. The lowest BCUT2D eigenvalue weighted by atomic mass is 9.97. The molecule has 0 radical (unpaired) electrons. The van der Waals surface area contributed by atoms with Crippen LogP contribution in [0.3, 0.4) is 0 Å². The molecule has 0 aliphatic heterocycles. The quantitative estimate of drug-likeness (QED) is 0.495. The number of allylic oxidation sites excluding steroid dienone is 1. The smallest absolute Gasteiger partial charge is 0.352 e. The van der Waals surface area contributed by atoms with Crippen molar-refractivity contribution in [1.82, 2.24) is 15.3 Å². The van der Waals surface area contributed by atoms with E-state index in [4.69, 9.17) is 5.41 Å². The summed E-state index contributed by atoms with van der Waals surface area (Å²) in [7, 11) is 0. The molecule has 0 amide bonds. The average Bonchev–Trinajstić information content (AvgIpc) is 3.53. The molecule has 2 aromatic heterocycles. The monoisotopic (exact) mass is 415 g/mol. The van der Waals surface area contributed by atoms with Gasteiger partial charge in [0.25, 0.3) is 0 Å². The Balaban J connectivity index is 1.76. The molecule has 0 unspecified atom stereocenters. The van der Waals surface area contributed by atoms with E-state index in [0.29, 0.717) is 5.69 Å². The number of nitrogens with zero attached hydrogens (tertiary/aromatic N) is 3. The summed E-state index contributed by atoms with van der Waals surface area (Å²) < 4.78 is 39.5. The van der Waals surface area contributed by atoms with E-state index in [-0.39, 0.29) is 23.2 Å². The molecule has 3 rings (SSSR count). The number of pyridine rings is 2. The number of alkyl halides is 3. The van der Waals surface area contributed by atoms with Crippen LogP contribution in [0.5, 0.6) is 0 Å². The lowest BCUT2D eigenvalue weighted by Crippen LogP contribution is -2.12. The molecule has 0 saturated heterocycles. The maximum Gasteiger partial charge on any atom is 0.433 e. The Morgan fingerprint density at radius 1 is 1.23 bits per heavy atom. The molecule has 1 saturated carbocycles. The van der Waals surface area contributed by atoms with Crippen LogP contribution in [0.4, 0.5) is 13.2 Å². The average molecular weight is 415 g/mol. The predicted molar refractivity (Wildman–Crippen MR) is 111 cm³/mol. The van der Waals surface area contributed by atoms with Crippen LogP contribution in [0, 0.1) is 18.3 Å². The summed E-state index contributed by atoms with van der Waals surface area (Å²) in [6, 6.07) is 6.30. The number of aryl methyl sites for hydroxylation is 1. The van der Waals surface area contributed by atoms with Crippen LogP contribution < -0.4 is 5.32 Å². The van der Waals surface area contributed by atoms with Gasteiger partial charge in [-0.2, -0.15) is 13.2 Å². The number of hydrogen-bond donors (Lipinski definition) is 2. The zero-order chi connectivity index (χ0) is 21.9. The van der Waals surface area contributed by atoms with E-state index in [1.807, 2.05) is 32.9 Å². The molecule has 0 spiro atoms. The van der Waals surface area contributed by atoms with Crippen LogP contribution in [0.2, 0.25) is 0 Å². The minimum Gasteiger partial charge on any atom is -0.352 e. The highest BCUT2D eigenvalue weighted by molar-refractivity contribution is 6.01. The Kier molecular flexibility index (Phi) is 6.34. The summed E-state index contributed by atoms with van der Waals surface area (Å²) in [6.07, 6.45) is 1.94. The summed E-state index contributed by atoms with van der Waals surface area (Å²) >= 11 is 0. The van der Waals surface area contributed by atoms with Gasteiger partial charge in [-0.25, -0.2) is 9.98 Å². The highest BCUT2D eigenvalue weighted by Gasteiger charge is 2.35. The van der Waals surface area contributed by atoms with E-state index in [9.17, 15) is 13.2 Å². The van der Waals surface area contributed by atoms with Crippen molar-refractivity contribution in [2.75, 3.05) is 0 Å². The minimum absolute atomic E-state index is 0.0422. The molecule has 2 N–H and O–H groups in total. The number of amidine groups is 1. The van der Waals surface area contributed by atoms with Gasteiger partial charge in [0.15, 0.2) is 5.84 Å². The molecule has 0 atom stereocenters. The van der Waals surface area contributed by atoms with Crippen LogP contribution in [0.25, 0.3) is 5.57 Å². The largest absolute Gasteiger partial charge is 0.433 e. The van der Waals surface area contributed by atoms with Gasteiger partial charge in [-0.05, 0) is 55.0 Å². The first kappa shape index (κ1) is 21.7. The number of hydrogen-bond acceptors (Lipinski definition) is 3. The van der Waals surface area contributed by atoms with Gasteiger partial charge in [0, 0.05) is 35.3 Å². The minimum atomic E-state index is -4.56. The lowest BCUT2D eigenvalue weighted by Gasteiger charge is -2.12. The Labute approximate surface area is 173 Å². The van der Waals surface area contributed by atoms with Gasteiger partial charge in [-0.3, -0.25) is 10.4 Å². The normalized spacial score (nSPS) is 15.1. The summed E-state index contributed by atoms with van der Waals surface area (Å²) in [4.78, 5) is 12.0. The zero-order valence-corrected chi connectivity index (χ0v) is 17.1. The third-order valence-corrected chi connectivity index (χ3v) is 4.78. The Bertz CT molecular complexity index is 971. The molecule has 0 bridgehead atoms. The molecule has 1 fully saturated rings. The van der Waals surface area contributed by atoms with Crippen molar-refractivity contribution < 1.29 is 13.2 Å². The Hall–Kier alpha value is -3.03. The molecule has 8 heteroatoms. The predicted octanol–water partition coefficient (Wildman–Crippen LogP) is 5.32. The van der Waals surface area contributed by atoms with Crippen LogP contribution >= 0.6 is 0 Å². The molecule has 2 aromatic rings. The first-order valence-electron chi connectivity index (χ1n) is 9.75. The van der Waals surface area contributed by atoms with Gasteiger partial charge < -0.3 is 5.32 Å². The van der Waals surface area contributed by atoms with Crippen molar-refractivity contribution >= 4 is 17.7 Å². The van der Waals surface area contributed by atoms with Gasteiger partial charge in [0.05, 0.1) is 6.34 Å². The van der Waals surface area contributed by atoms with Gasteiger partial charge in [-0.1, -0.05) is 19.9 Å². The van der Waals surface area contributed by atoms with E-state index >= 15 is 0 Å². The van der Waals surface area contributed by atoms with Crippen molar-refractivity contribution in [1.29, 1.82) is 5.41 Å². The molecule has 1 aliphatic carbocycles. The number of halogens is 3. The first-order chi connectivity index (χ1) is 14.1. The fourth-order valence-corrected chi connectivity index (χ4v) is 2.95. The molecule has 1 aliphatic rings. The molecule has 158 valence electrons.